The third kappa shape index (κ3) is 2.30. The van der Waals surface area contributed by atoms with Crippen LogP contribution in [-0.4, -0.2) is 13.1 Å². The fraction of sp³-hybridized carbons (Fsp3) is 0.0741. The second-order valence-electron chi connectivity index (χ2n) is 8.46. The van der Waals surface area contributed by atoms with E-state index in [2.05, 4.69) is 104 Å². The highest BCUT2D eigenvalue weighted by Crippen LogP contribution is 2.38. The van der Waals surface area contributed by atoms with Crippen molar-refractivity contribution in [3.05, 3.63) is 91.0 Å². The Morgan fingerprint density at radius 1 is 0.690 bits per heavy atom. The van der Waals surface area contributed by atoms with E-state index in [1.807, 2.05) is 0 Å². The molecular formula is C27H21NSi. The zero-order valence-corrected chi connectivity index (χ0v) is 17.6. The molecule has 0 amide bonds. The Hall–Kier alpha value is -3.23. The van der Waals surface area contributed by atoms with E-state index in [9.17, 15) is 0 Å². The normalized spacial score (nSPS) is 14.1. The first-order valence-electron chi connectivity index (χ1n) is 10.2. The van der Waals surface area contributed by atoms with Crippen LogP contribution in [-0.2, 0) is 0 Å². The highest BCUT2D eigenvalue weighted by Gasteiger charge is 2.40. The SMILES string of the molecule is C[Si]1(C)c2ccccc2-c2c(-c3ccc4ccccc4c3)nc3ccccc3c21. The summed E-state index contributed by atoms with van der Waals surface area (Å²) in [5.74, 6) is 0. The lowest BCUT2D eigenvalue weighted by Crippen LogP contribution is -2.49. The Morgan fingerprint density at radius 3 is 2.31 bits per heavy atom. The number of benzene rings is 4. The number of para-hydroxylation sites is 1. The van der Waals surface area contributed by atoms with Gasteiger partial charge in [-0.25, -0.2) is 4.98 Å². The number of aromatic nitrogens is 1. The number of pyridine rings is 1. The summed E-state index contributed by atoms with van der Waals surface area (Å²) in [4.78, 5) is 5.21. The number of hydrogen-bond donors (Lipinski definition) is 0. The van der Waals surface area contributed by atoms with Crippen molar-refractivity contribution >= 4 is 40.1 Å². The molecule has 0 saturated carbocycles. The van der Waals surface area contributed by atoms with Crippen LogP contribution >= 0.6 is 0 Å². The molecule has 2 heterocycles. The van der Waals surface area contributed by atoms with E-state index in [0.29, 0.717) is 0 Å². The summed E-state index contributed by atoms with van der Waals surface area (Å²) in [6.07, 6.45) is 0. The first-order valence-corrected chi connectivity index (χ1v) is 13.2. The molecule has 5 aromatic rings. The van der Waals surface area contributed by atoms with Crippen molar-refractivity contribution in [2.45, 2.75) is 13.1 Å². The van der Waals surface area contributed by atoms with Crippen LogP contribution in [0.3, 0.4) is 0 Å². The molecule has 0 spiro atoms. The molecule has 1 aliphatic rings. The second kappa shape index (κ2) is 5.88. The van der Waals surface area contributed by atoms with Crippen molar-refractivity contribution < 1.29 is 0 Å². The predicted molar refractivity (Wildman–Crippen MR) is 127 cm³/mol. The Bertz CT molecular complexity index is 1430. The first kappa shape index (κ1) is 16.7. The van der Waals surface area contributed by atoms with Gasteiger partial charge in [0.25, 0.3) is 0 Å². The van der Waals surface area contributed by atoms with Crippen molar-refractivity contribution in [3.8, 4) is 22.4 Å². The number of nitrogens with zero attached hydrogens (tertiary/aromatic N) is 1. The van der Waals surface area contributed by atoms with Gasteiger partial charge < -0.3 is 0 Å². The molecule has 4 aromatic carbocycles. The van der Waals surface area contributed by atoms with Crippen LogP contribution in [0, 0.1) is 0 Å². The summed E-state index contributed by atoms with van der Waals surface area (Å²) >= 11 is 0. The van der Waals surface area contributed by atoms with Gasteiger partial charge >= 0.3 is 0 Å². The zero-order valence-electron chi connectivity index (χ0n) is 16.6. The zero-order chi connectivity index (χ0) is 19.6. The third-order valence-electron chi connectivity index (χ3n) is 6.41. The van der Waals surface area contributed by atoms with Gasteiger partial charge in [-0.1, -0.05) is 92.0 Å². The molecule has 0 fully saturated rings. The van der Waals surface area contributed by atoms with Gasteiger partial charge in [0.2, 0.25) is 0 Å². The molecule has 0 bridgehead atoms. The Balaban J connectivity index is 1.77. The number of hydrogen-bond acceptors (Lipinski definition) is 1. The van der Waals surface area contributed by atoms with E-state index >= 15 is 0 Å². The summed E-state index contributed by atoms with van der Waals surface area (Å²) in [7, 11) is -1.80. The molecular weight excluding hydrogens is 366 g/mol. The number of rotatable bonds is 1. The summed E-state index contributed by atoms with van der Waals surface area (Å²) < 4.78 is 0. The van der Waals surface area contributed by atoms with Gasteiger partial charge in [-0.3, -0.25) is 0 Å². The fourth-order valence-electron chi connectivity index (χ4n) is 5.05. The molecule has 0 saturated heterocycles. The minimum absolute atomic E-state index is 1.10. The molecule has 1 aliphatic heterocycles. The van der Waals surface area contributed by atoms with Crippen LogP contribution in [0.1, 0.15) is 0 Å². The molecule has 29 heavy (non-hydrogen) atoms. The number of fused-ring (bicyclic) bond motifs is 6. The summed E-state index contributed by atoms with van der Waals surface area (Å²) in [5, 5.41) is 6.91. The quantitative estimate of drug-likeness (QED) is 0.328. The van der Waals surface area contributed by atoms with Gasteiger partial charge in [0.15, 0.2) is 0 Å². The van der Waals surface area contributed by atoms with Gasteiger partial charge in [-0.15, -0.1) is 0 Å². The van der Waals surface area contributed by atoms with Gasteiger partial charge in [-0.2, -0.15) is 0 Å². The topological polar surface area (TPSA) is 12.9 Å². The van der Waals surface area contributed by atoms with Gasteiger partial charge in [-0.05, 0) is 38.8 Å². The molecule has 0 aliphatic carbocycles. The van der Waals surface area contributed by atoms with Crippen molar-refractivity contribution in [1.29, 1.82) is 0 Å². The lowest BCUT2D eigenvalue weighted by molar-refractivity contribution is 1.41. The average molecular weight is 388 g/mol. The highest BCUT2D eigenvalue weighted by atomic mass is 28.3. The Morgan fingerprint density at radius 2 is 1.41 bits per heavy atom. The van der Waals surface area contributed by atoms with Crippen molar-refractivity contribution in [3.63, 3.8) is 0 Å². The molecule has 138 valence electrons. The van der Waals surface area contributed by atoms with Gasteiger partial charge in [0.05, 0.1) is 11.2 Å². The molecule has 0 unspecified atom stereocenters. The lowest BCUT2D eigenvalue weighted by Gasteiger charge is -2.21. The summed E-state index contributed by atoms with van der Waals surface area (Å²) in [6, 6.07) is 32.9. The fourth-order valence-corrected chi connectivity index (χ4v) is 8.48. The van der Waals surface area contributed by atoms with Crippen LogP contribution in [0.5, 0.6) is 0 Å². The maximum atomic E-state index is 5.21. The van der Waals surface area contributed by atoms with E-state index < -0.39 is 8.07 Å². The van der Waals surface area contributed by atoms with Crippen molar-refractivity contribution in [2.24, 2.45) is 0 Å². The Kier molecular flexibility index (Phi) is 3.39. The second-order valence-corrected chi connectivity index (χ2v) is 12.7. The molecule has 1 nitrogen and oxygen atoms in total. The monoisotopic (exact) mass is 387 g/mol. The van der Waals surface area contributed by atoms with Crippen LogP contribution in [0.25, 0.3) is 44.1 Å². The highest BCUT2D eigenvalue weighted by molar-refractivity contribution is 7.05. The minimum Gasteiger partial charge on any atom is -0.247 e. The van der Waals surface area contributed by atoms with E-state index in [1.54, 1.807) is 0 Å². The van der Waals surface area contributed by atoms with E-state index in [0.717, 1.165) is 11.2 Å². The van der Waals surface area contributed by atoms with Crippen LogP contribution < -0.4 is 10.4 Å². The summed E-state index contributed by atoms with van der Waals surface area (Å²) in [6.45, 7) is 4.96. The minimum atomic E-state index is -1.80. The molecule has 1 aromatic heterocycles. The van der Waals surface area contributed by atoms with Crippen LogP contribution in [0.15, 0.2) is 91.0 Å². The molecule has 0 N–H and O–H groups in total. The standard InChI is InChI=1S/C27H21NSi/c1-29(2)24-14-8-6-12-22(24)25-26(28-23-13-7-5-11-21(23)27(25)29)20-16-15-18-9-3-4-10-19(18)17-20/h3-17H,1-2H3. The van der Waals surface area contributed by atoms with Crippen LogP contribution in [0.4, 0.5) is 0 Å². The molecule has 6 rings (SSSR count). The smallest absolute Gasteiger partial charge is 0.114 e. The molecule has 2 heteroatoms. The Labute approximate surface area is 171 Å². The van der Waals surface area contributed by atoms with E-state index in [1.165, 1.54) is 43.2 Å². The predicted octanol–water partition coefficient (Wildman–Crippen LogP) is 5.86. The molecule has 0 atom stereocenters. The summed E-state index contributed by atoms with van der Waals surface area (Å²) in [5.41, 5.74) is 6.15. The van der Waals surface area contributed by atoms with Crippen molar-refractivity contribution in [1.82, 2.24) is 4.98 Å². The largest absolute Gasteiger partial charge is 0.247 e. The average Bonchev–Trinajstić information content (AvgIpc) is 3.01. The molecule has 0 radical (unpaired) electrons. The maximum Gasteiger partial charge on any atom is 0.114 e. The third-order valence-corrected chi connectivity index (χ3v) is 9.96. The van der Waals surface area contributed by atoms with Crippen LogP contribution in [0.2, 0.25) is 13.1 Å². The first-order chi connectivity index (χ1) is 14.1. The maximum absolute atomic E-state index is 5.21. The van der Waals surface area contributed by atoms with E-state index in [-0.39, 0.29) is 0 Å². The van der Waals surface area contributed by atoms with Gasteiger partial charge in [0, 0.05) is 16.5 Å². The van der Waals surface area contributed by atoms with E-state index in [4.69, 9.17) is 4.98 Å². The van der Waals surface area contributed by atoms with Gasteiger partial charge in [0.1, 0.15) is 8.07 Å². The van der Waals surface area contributed by atoms with Crippen molar-refractivity contribution in [2.75, 3.05) is 0 Å². The lowest BCUT2D eigenvalue weighted by atomic mass is 9.96.